The molecule has 2 atom stereocenters. The van der Waals surface area contributed by atoms with Gasteiger partial charge in [0.1, 0.15) is 38.0 Å². The molecule has 2 heterocycles. The molecule has 1 saturated heterocycles. The smallest absolute Gasteiger partial charge is 0.251 e. The van der Waals surface area contributed by atoms with E-state index in [0.29, 0.717) is 18.2 Å². The highest BCUT2D eigenvalue weighted by atomic mass is 32.1. The Bertz CT molecular complexity index is 725. The molecule has 3 N–H and O–H groups in total. The fourth-order valence-corrected chi connectivity index (χ4v) is 5.09. The lowest BCUT2D eigenvalue weighted by molar-refractivity contribution is -1.03. The molecular weight excluding hydrogens is 370 g/mol. The number of quaternary nitrogens is 2. The summed E-state index contributed by atoms with van der Waals surface area (Å²) in [5, 5.41) is 5.39. The monoisotopic (exact) mass is 403 g/mol. The molecule has 152 valence electrons. The van der Waals surface area contributed by atoms with Gasteiger partial charge in [-0.2, -0.15) is 0 Å². The Kier molecular flexibility index (Phi) is 7.48. The maximum atomic E-state index is 12.8. The molecule has 0 saturated carbocycles. The van der Waals surface area contributed by atoms with Gasteiger partial charge in [-0.25, -0.2) is 0 Å². The predicted molar refractivity (Wildman–Crippen MR) is 114 cm³/mol. The minimum Gasteiger partial charge on any atom is -0.494 e. The fraction of sp³-hybridized carbons (Fsp3) is 0.500. The van der Waals surface area contributed by atoms with Crippen molar-refractivity contribution < 1.29 is 19.3 Å². The number of piperazine rings is 1. The normalized spacial score (nSPS) is 21.7. The Morgan fingerprint density at radius 3 is 2.43 bits per heavy atom. The van der Waals surface area contributed by atoms with Crippen molar-refractivity contribution in [1.29, 1.82) is 0 Å². The summed E-state index contributed by atoms with van der Waals surface area (Å²) in [5.74, 6) is 0.777. The first kappa shape index (κ1) is 20.8. The number of likely N-dealkylation sites (N-methyl/N-ethyl adjacent to an activating group) is 1. The topological polar surface area (TPSA) is 47.2 Å². The van der Waals surface area contributed by atoms with Gasteiger partial charge >= 0.3 is 0 Å². The van der Waals surface area contributed by atoms with E-state index in [4.69, 9.17) is 4.74 Å². The summed E-state index contributed by atoms with van der Waals surface area (Å²) >= 11 is 1.79. The van der Waals surface area contributed by atoms with E-state index < -0.39 is 0 Å². The number of carbonyl (C=O) groups excluding carboxylic acids is 1. The number of nitrogens with one attached hydrogen (secondary N) is 3. The number of thiophene rings is 1. The van der Waals surface area contributed by atoms with Crippen molar-refractivity contribution in [3.05, 3.63) is 52.2 Å². The lowest BCUT2D eigenvalue weighted by Gasteiger charge is -2.36. The van der Waals surface area contributed by atoms with Crippen molar-refractivity contribution in [2.45, 2.75) is 32.9 Å². The molecule has 3 rings (SSSR count). The number of carbonyl (C=O) groups is 1. The Balaban J connectivity index is 1.69. The first-order chi connectivity index (χ1) is 13.6. The molecule has 1 fully saturated rings. The van der Waals surface area contributed by atoms with Gasteiger partial charge in [0.05, 0.1) is 24.1 Å². The van der Waals surface area contributed by atoms with Gasteiger partial charge in [0.15, 0.2) is 0 Å². The first-order valence-corrected chi connectivity index (χ1v) is 11.3. The van der Waals surface area contributed by atoms with E-state index in [0.717, 1.165) is 18.8 Å². The van der Waals surface area contributed by atoms with Gasteiger partial charge in [0.2, 0.25) is 0 Å². The Morgan fingerprint density at radius 2 is 1.86 bits per heavy atom. The summed E-state index contributed by atoms with van der Waals surface area (Å²) in [4.78, 5) is 17.4. The fourth-order valence-electron chi connectivity index (χ4n) is 4.10. The standard InChI is InChI=1S/C22H31N3O2S/c1-4-24-12-14-25(15-13-24)21(20-7-6-16-28-20)17(3)23-22(26)18-8-10-19(11-9-18)27-5-2/h6-11,16-17,21H,4-5,12-15H2,1-3H3,(H,23,26)/p+2/t17-,21-/m1/s1. The molecule has 1 aromatic heterocycles. The van der Waals surface area contributed by atoms with Crippen LogP contribution in [0.4, 0.5) is 0 Å². The largest absolute Gasteiger partial charge is 0.494 e. The molecule has 0 spiro atoms. The van der Waals surface area contributed by atoms with Crippen LogP contribution in [0.5, 0.6) is 5.75 Å². The van der Waals surface area contributed by atoms with Crippen molar-refractivity contribution >= 4 is 17.2 Å². The second-order valence-electron chi connectivity index (χ2n) is 7.47. The number of hydrogen-bond donors (Lipinski definition) is 3. The van der Waals surface area contributed by atoms with Gasteiger partial charge in [-0.3, -0.25) is 4.79 Å². The summed E-state index contributed by atoms with van der Waals surface area (Å²) in [7, 11) is 0. The number of benzene rings is 1. The van der Waals surface area contributed by atoms with Crippen molar-refractivity contribution in [2.24, 2.45) is 0 Å². The molecule has 1 aliphatic rings. The van der Waals surface area contributed by atoms with Crippen LogP contribution < -0.4 is 19.9 Å². The average molecular weight is 404 g/mol. The molecule has 5 nitrogen and oxygen atoms in total. The highest BCUT2D eigenvalue weighted by Crippen LogP contribution is 2.20. The minimum atomic E-state index is -0.0191. The zero-order valence-corrected chi connectivity index (χ0v) is 18.0. The molecule has 0 unspecified atom stereocenters. The van der Waals surface area contributed by atoms with Crippen molar-refractivity contribution in [1.82, 2.24) is 5.32 Å². The van der Waals surface area contributed by atoms with E-state index in [1.165, 1.54) is 24.5 Å². The lowest BCUT2D eigenvalue weighted by atomic mass is 10.0. The molecule has 2 aromatic rings. The quantitative estimate of drug-likeness (QED) is 0.611. The van der Waals surface area contributed by atoms with Crippen molar-refractivity contribution in [3.8, 4) is 5.75 Å². The third-order valence-electron chi connectivity index (χ3n) is 5.68. The van der Waals surface area contributed by atoms with E-state index in [2.05, 4.69) is 36.7 Å². The summed E-state index contributed by atoms with van der Waals surface area (Å²) < 4.78 is 5.47. The van der Waals surface area contributed by atoms with E-state index in [-0.39, 0.29) is 11.9 Å². The number of hydrogen-bond acceptors (Lipinski definition) is 3. The van der Waals surface area contributed by atoms with Gasteiger partial charge in [0, 0.05) is 5.56 Å². The third-order valence-corrected chi connectivity index (χ3v) is 6.63. The van der Waals surface area contributed by atoms with E-state index in [9.17, 15) is 4.79 Å². The molecule has 0 radical (unpaired) electrons. The van der Waals surface area contributed by atoms with Crippen LogP contribution in [-0.2, 0) is 0 Å². The summed E-state index contributed by atoms with van der Waals surface area (Å²) in [6, 6.07) is 12.1. The average Bonchev–Trinajstić information content (AvgIpc) is 3.23. The Labute approximate surface area is 172 Å². The molecule has 0 bridgehead atoms. The van der Waals surface area contributed by atoms with Gasteiger partial charge in [-0.1, -0.05) is 6.07 Å². The predicted octanol–water partition coefficient (Wildman–Crippen LogP) is 0.810. The summed E-state index contributed by atoms with van der Waals surface area (Å²) in [5.41, 5.74) is 0.676. The van der Waals surface area contributed by atoms with Crippen LogP contribution >= 0.6 is 11.3 Å². The summed E-state index contributed by atoms with van der Waals surface area (Å²) in [6.07, 6.45) is 0. The first-order valence-electron chi connectivity index (χ1n) is 10.4. The van der Waals surface area contributed by atoms with Gasteiger partial charge in [0.25, 0.3) is 5.91 Å². The molecule has 0 aliphatic carbocycles. The van der Waals surface area contributed by atoms with Crippen molar-refractivity contribution in [3.63, 3.8) is 0 Å². The maximum absolute atomic E-state index is 12.8. The van der Waals surface area contributed by atoms with E-state index in [1.54, 1.807) is 21.1 Å². The number of ether oxygens (including phenoxy) is 1. The second kappa shape index (κ2) is 10.0. The lowest BCUT2D eigenvalue weighted by Crippen LogP contribution is -3.28. The van der Waals surface area contributed by atoms with Crippen molar-refractivity contribution in [2.75, 3.05) is 39.3 Å². The minimum absolute atomic E-state index is 0.0191. The van der Waals surface area contributed by atoms with Crippen LogP contribution in [0.15, 0.2) is 41.8 Å². The Hall–Kier alpha value is -1.89. The highest BCUT2D eigenvalue weighted by Gasteiger charge is 2.35. The van der Waals surface area contributed by atoms with Crippen LogP contribution in [0.1, 0.15) is 42.0 Å². The van der Waals surface area contributed by atoms with Gasteiger partial charge in [-0.05, 0) is 56.5 Å². The third kappa shape index (κ3) is 5.13. The van der Waals surface area contributed by atoms with E-state index >= 15 is 0 Å². The van der Waals surface area contributed by atoms with E-state index in [1.807, 2.05) is 31.2 Å². The molecule has 1 aromatic carbocycles. The van der Waals surface area contributed by atoms with Crippen LogP contribution in [0, 0.1) is 0 Å². The van der Waals surface area contributed by atoms with Gasteiger partial charge < -0.3 is 19.9 Å². The molecule has 1 aliphatic heterocycles. The SMILES string of the molecule is CCOc1ccc(C(=O)N[C@H](C)[C@H](c2cccs2)[NH+]2CC[NH+](CC)CC2)cc1. The number of rotatable bonds is 8. The Morgan fingerprint density at radius 1 is 1.14 bits per heavy atom. The zero-order chi connectivity index (χ0) is 19.9. The molecule has 1 amide bonds. The highest BCUT2D eigenvalue weighted by molar-refractivity contribution is 7.10. The molecular formula is C22H33N3O2S+2. The van der Waals surface area contributed by atoms with Crippen LogP contribution in [-0.4, -0.2) is 51.3 Å². The van der Waals surface area contributed by atoms with Crippen LogP contribution in [0.25, 0.3) is 0 Å². The second-order valence-corrected chi connectivity index (χ2v) is 8.45. The van der Waals surface area contributed by atoms with Gasteiger partial charge in [-0.15, -0.1) is 11.3 Å². The van der Waals surface area contributed by atoms with Crippen LogP contribution in [0.2, 0.25) is 0 Å². The molecule has 28 heavy (non-hydrogen) atoms. The maximum Gasteiger partial charge on any atom is 0.251 e. The summed E-state index contributed by atoms with van der Waals surface area (Å²) in [6.45, 7) is 12.9. The number of amides is 1. The van der Waals surface area contributed by atoms with Crippen LogP contribution in [0.3, 0.4) is 0 Å². The zero-order valence-electron chi connectivity index (χ0n) is 17.2. The molecule has 6 heteroatoms.